The Morgan fingerprint density at radius 2 is 1.74 bits per heavy atom. The number of aliphatic hydroxyl groups excluding tert-OH is 3. The number of carbonyl (C=O) groups is 5. The lowest BCUT2D eigenvalue weighted by Crippen LogP contribution is -2.68. The predicted molar refractivity (Wildman–Crippen MR) is 145 cm³/mol. The molecule has 4 rings (SSSR count). The topological polar surface area (TPSA) is 280 Å². The van der Waals surface area contributed by atoms with Crippen LogP contribution in [0.1, 0.15) is 41.6 Å². The normalized spacial score (nSPS) is 29.5. The summed E-state index contributed by atoms with van der Waals surface area (Å²) in [6.45, 7) is 1.58. The maximum absolute atomic E-state index is 13.9. The molecule has 3 amide bonds. The first-order valence-corrected chi connectivity index (χ1v) is 13.0. The Morgan fingerprint density at radius 1 is 1.12 bits per heavy atom. The molecule has 0 saturated heterocycles. The molecule has 0 aliphatic heterocycles. The van der Waals surface area contributed by atoms with Gasteiger partial charge in [0.2, 0.25) is 17.6 Å². The van der Waals surface area contributed by atoms with Gasteiger partial charge in [-0.1, -0.05) is 13.0 Å². The lowest BCUT2D eigenvalue weighted by atomic mass is 9.55. The lowest BCUT2D eigenvalue weighted by molar-refractivity contribution is -0.162. The van der Waals surface area contributed by atoms with E-state index in [2.05, 4.69) is 5.32 Å². The summed E-state index contributed by atoms with van der Waals surface area (Å²) in [5, 5.41) is 59.0. The number of nitrogens with one attached hydrogen (secondary N) is 1. The minimum Gasteiger partial charge on any atom is -0.510 e. The fraction of sp³-hybridized carbons (Fsp3) is 0.444. The number of primary amides is 2. The van der Waals surface area contributed by atoms with Gasteiger partial charge >= 0.3 is 0 Å². The number of ketones is 2. The SMILES string of the molecule is CC1c2ccc(NC(=O)[C@@H](N)CCC(N)=O)c(O)c2C(=O)C2=C(O)[C@]3(O)C(=O)C(C(N)=O)=C(O)[C@@H](N(C)C)C3C(O)C21. The Hall–Kier alpha value is -4.31. The number of aromatic hydroxyl groups is 1. The zero-order valence-electron chi connectivity index (χ0n) is 23.0. The van der Waals surface area contributed by atoms with Gasteiger partial charge in [-0.2, -0.15) is 0 Å². The number of aliphatic hydroxyl groups is 4. The van der Waals surface area contributed by atoms with E-state index in [9.17, 15) is 49.5 Å². The van der Waals surface area contributed by atoms with Crippen LogP contribution in [0.2, 0.25) is 0 Å². The number of nitrogens with zero attached hydrogens (tertiary/aromatic N) is 1. The number of hydrogen-bond acceptors (Lipinski definition) is 12. The van der Waals surface area contributed by atoms with Gasteiger partial charge in [0.05, 0.1) is 35.4 Å². The summed E-state index contributed by atoms with van der Waals surface area (Å²) >= 11 is 0. The van der Waals surface area contributed by atoms with Gasteiger partial charge in [0, 0.05) is 17.9 Å². The van der Waals surface area contributed by atoms with Gasteiger partial charge in [-0.3, -0.25) is 28.9 Å². The summed E-state index contributed by atoms with van der Waals surface area (Å²) in [4.78, 5) is 64.3. The van der Waals surface area contributed by atoms with E-state index >= 15 is 0 Å². The molecule has 7 atom stereocenters. The number of fused-ring (bicyclic) bond motifs is 3. The molecule has 3 aliphatic carbocycles. The summed E-state index contributed by atoms with van der Waals surface area (Å²) in [5.74, 6) is -11.8. The van der Waals surface area contributed by atoms with Crippen LogP contribution in [0.15, 0.2) is 34.8 Å². The zero-order chi connectivity index (χ0) is 31.6. The minimum atomic E-state index is -3.04. The van der Waals surface area contributed by atoms with Crippen LogP contribution in [0.4, 0.5) is 5.69 Å². The standard InChI is InChI=1S/C27H33N5O10/c1-8-9-4-6-11(31-26(41)10(28)5-7-12(29)33)19(34)14(9)20(35)15-13(8)21(36)17-18(32(2)3)22(37)16(25(30)40)24(39)27(17,42)23(15)38/h4,6,8,10,13,17-18,21,34,36-38,42H,5,7,28H2,1-3H3,(H2,29,33)(H2,30,40)(H,31,41)/t8?,10-,13?,17?,18-,21?,27-/m0/s1. The first-order chi connectivity index (χ1) is 19.5. The molecular weight excluding hydrogens is 554 g/mol. The number of benzene rings is 1. The molecule has 12 N–H and O–H groups in total. The van der Waals surface area contributed by atoms with E-state index < -0.39 is 99.2 Å². The number of phenols is 1. The van der Waals surface area contributed by atoms with Gasteiger partial charge < -0.3 is 48.1 Å². The van der Waals surface area contributed by atoms with Gasteiger partial charge in [0.15, 0.2) is 17.1 Å². The van der Waals surface area contributed by atoms with Crippen molar-refractivity contribution in [2.75, 3.05) is 19.4 Å². The Labute approximate surface area is 239 Å². The Balaban J connectivity index is 1.86. The van der Waals surface area contributed by atoms with E-state index in [-0.39, 0.29) is 29.7 Å². The molecule has 1 aromatic rings. The fourth-order valence-electron chi connectivity index (χ4n) is 6.38. The number of anilines is 1. The van der Waals surface area contributed by atoms with E-state index in [1.807, 2.05) is 0 Å². The average molecular weight is 588 g/mol. The number of amides is 3. The lowest BCUT2D eigenvalue weighted by Gasteiger charge is -2.53. The third-order valence-electron chi connectivity index (χ3n) is 8.43. The van der Waals surface area contributed by atoms with Gasteiger partial charge in [-0.15, -0.1) is 0 Å². The molecule has 0 bridgehead atoms. The minimum absolute atomic E-state index is 0.0812. The summed E-state index contributed by atoms with van der Waals surface area (Å²) in [5.41, 5.74) is 11.2. The molecule has 15 heteroatoms. The predicted octanol–water partition coefficient (Wildman–Crippen LogP) is -1.82. The molecule has 42 heavy (non-hydrogen) atoms. The van der Waals surface area contributed by atoms with Crippen molar-refractivity contribution in [3.63, 3.8) is 0 Å². The maximum atomic E-state index is 13.9. The highest BCUT2D eigenvalue weighted by Gasteiger charge is 2.67. The second-order valence-electron chi connectivity index (χ2n) is 11.1. The summed E-state index contributed by atoms with van der Waals surface area (Å²) in [6.07, 6.45) is -1.98. The molecular formula is C27H33N5O10. The van der Waals surface area contributed by atoms with Gasteiger partial charge in [0.25, 0.3) is 5.91 Å². The molecule has 4 unspecified atom stereocenters. The molecule has 3 aliphatic rings. The van der Waals surface area contributed by atoms with E-state index in [0.717, 1.165) is 0 Å². The van der Waals surface area contributed by atoms with Crippen molar-refractivity contribution in [2.24, 2.45) is 29.0 Å². The molecule has 15 nitrogen and oxygen atoms in total. The van der Waals surface area contributed by atoms with Crippen LogP contribution < -0.4 is 22.5 Å². The molecule has 0 radical (unpaired) electrons. The Morgan fingerprint density at radius 3 is 2.29 bits per heavy atom. The van der Waals surface area contributed by atoms with Crippen molar-refractivity contribution < 1.29 is 49.5 Å². The summed E-state index contributed by atoms with van der Waals surface area (Å²) < 4.78 is 0. The van der Waals surface area contributed by atoms with Crippen LogP contribution >= 0.6 is 0 Å². The first-order valence-electron chi connectivity index (χ1n) is 13.0. The molecule has 0 saturated carbocycles. The van der Waals surface area contributed by atoms with E-state index in [1.165, 1.54) is 31.1 Å². The van der Waals surface area contributed by atoms with Gasteiger partial charge in [-0.25, -0.2) is 0 Å². The van der Waals surface area contributed by atoms with Gasteiger partial charge in [-0.05, 0) is 38.1 Å². The molecule has 0 spiro atoms. The number of likely N-dealkylation sites (N-methyl/N-ethyl adjacent to an activating group) is 1. The van der Waals surface area contributed by atoms with E-state index in [4.69, 9.17) is 17.2 Å². The molecule has 0 fully saturated rings. The second kappa shape index (κ2) is 10.5. The van der Waals surface area contributed by atoms with Crippen molar-refractivity contribution in [1.82, 2.24) is 4.90 Å². The van der Waals surface area contributed by atoms with Crippen LogP contribution in [0.3, 0.4) is 0 Å². The Bertz CT molecular complexity index is 1480. The third-order valence-corrected chi connectivity index (χ3v) is 8.43. The van der Waals surface area contributed by atoms with E-state index in [0.29, 0.717) is 0 Å². The van der Waals surface area contributed by atoms with Gasteiger partial charge in [0.1, 0.15) is 17.1 Å². The second-order valence-corrected chi connectivity index (χ2v) is 11.1. The van der Waals surface area contributed by atoms with Crippen molar-refractivity contribution in [2.45, 2.75) is 49.5 Å². The van der Waals surface area contributed by atoms with E-state index in [1.54, 1.807) is 6.92 Å². The van der Waals surface area contributed by atoms with Crippen LogP contribution in [0.25, 0.3) is 0 Å². The van der Waals surface area contributed by atoms with Crippen molar-refractivity contribution >= 4 is 35.0 Å². The maximum Gasteiger partial charge on any atom is 0.255 e. The highest BCUT2D eigenvalue weighted by atomic mass is 16.4. The number of phenolic OH excluding ortho intramolecular Hbond substituents is 1. The number of hydrogen-bond donors (Lipinski definition) is 9. The fourth-order valence-corrected chi connectivity index (χ4v) is 6.38. The molecule has 0 aromatic heterocycles. The smallest absolute Gasteiger partial charge is 0.255 e. The summed E-state index contributed by atoms with van der Waals surface area (Å²) in [6, 6.07) is 0.172. The third kappa shape index (κ3) is 4.32. The quantitative estimate of drug-likeness (QED) is 0.126. The first kappa shape index (κ1) is 30.6. The highest BCUT2D eigenvalue weighted by molar-refractivity contribution is 6.25. The molecule has 1 aromatic carbocycles. The Kier molecular flexibility index (Phi) is 7.67. The molecule has 226 valence electrons. The largest absolute Gasteiger partial charge is 0.510 e. The van der Waals surface area contributed by atoms with Crippen LogP contribution in [-0.4, -0.2) is 97.6 Å². The van der Waals surface area contributed by atoms with Crippen LogP contribution in [-0.2, 0) is 19.2 Å². The van der Waals surface area contributed by atoms with Crippen molar-refractivity contribution in [3.8, 4) is 5.75 Å². The van der Waals surface area contributed by atoms with Crippen LogP contribution in [0, 0.1) is 11.8 Å². The highest BCUT2D eigenvalue weighted by Crippen LogP contribution is 2.56. The zero-order valence-corrected chi connectivity index (χ0v) is 23.0. The number of carbonyl (C=O) groups excluding carboxylic acids is 5. The number of nitrogens with two attached hydrogens (primary N) is 3. The van der Waals surface area contributed by atoms with Crippen LogP contribution in [0.5, 0.6) is 5.75 Å². The monoisotopic (exact) mass is 587 g/mol. The molecule has 0 heterocycles. The van der Waals surface area contributed by atoms with Crippen molar-refractivity contribution in [1.29, 1.82) is 0 Å². The average Bonchev–Trinajstić information content (AvgIpc) is 2.90. The number of Topliss-reactive ketones (excluding diaryl/α,β-unsaturated/α-hetero) is 2. The summed E-state index contributed by atoms with van der Waals surface area (Å²) in [7, 11) is 2.88. The van der Waals surface area contributed by atoms with Crippen molar-refractivity contribution in [3.05, 3.63) is 45.9 Å². The number of rotatable bonds is 7.